The zero-order valence-corrected chi connectivity index (χ0v) is 16.8. The third-order valence-electron chi connectivity index (χ3n) is 5.77. The summed E-state index contributed by atoms with van der Waals surface area (Å²) in [6.07, 6.45) is 3.84. The SMILES string of the molecule is NS(=O)(=O)OCC1CC(n2ccc3c(-c4cc5ccccc5[nH]4)ncnc32)CC1O. The van der Waals surface area contributed by atoms with Crippen LogP contribution in [-0.4, -0.2) is 45.8 Å². The quantitative estimate of drug-likeness (QED) is 0.446. The number of para-hydroxylation sites is 1. The van der Waals surface area contributed by atoms with Gasteiger partial charge in [-0.2, -0.15) is 8.42 Å². The lowest BCUT2D eigenvalue weighted by molar-refractivity contribution is 0.100. The molecule has 4 aromatic rings. The maximum absolute atomic E-state index is 11.1. The molecule has 30 heavy (non-hydrogen) atoms. The van der Waals surface area contributed by atoms with Crippen molar-refractivity contribution >= 4 is 32.2 Å². The number of aromatic nitrogens is 4. The highest BCUT2D eigenvalue weighted by Crippen LogP contribution is 2.38. The van der Waals surface area contributed by atoms with Gasteiger partial charge in [0.1, 0.15) is 12.0 Å². The van der Waals surface area contributed by atoms with Crippen LogP contribution in [0.5, 0.6) is 0 Å². The fourth-order valence-corrected chi connectivity index (χ4v) is 4.71. The topological polar surface area (TPSA) is 136 Å². The van der Waals surface area contributed by atoms with Gasteiger partial charge in [-0.05, 0) is 31.0 Å². The minimum Gasteiger partial charge on any atom is -0.393 e. The van der Waals surface area contributed by atoms with E-state index in [1.54, 1.807) is 0 Å². The van der Waals surface area contributed by atoms with E-state index in [2.05, 4.69) is 21.0 Å². The number of rotatable bonds is 5. The maximum atomic E-state index is 11.1. The number of aliphatic hydroxyl groups excluding tert-OH is 1. The number of H-pyrrole nitrogens is 1. The number of hydrogen-bond acceptors (Lipinski definition) is 6. The molecule has 3 unspecified atom stereocenters. The molecule has 0 aliphatic heterocycles. The lowest BCUT2D eigenvalue weighted by Crippen LogP contribution is -2.24. The Morgan fingerprint density at radius 3 is 2.87 bits per heavy atom. The molecule has 1 fully saturated rings. The number of aliphatic hydroxyl groups is 1. The Labute approximate surface area is 172 Å². The second-order valence-electron chi connectivity index (χ2n) is 7.68. The fraction of sp³-hybridized carbons (Fsp3) is 0.300. The number of hydrogen-bond donors (Lipinski definition) is 3. The van der Waals surface area contributed by atoms with Gasteiger partial charge in [-0.15, -0.1) is 0 Å². The number of nitrogens with one attached hydrogen (secondary N) is 1. The number of nitrogens with zero attached hydrogens (tertiary/aromatic N) is 3. The van der Waals surface area contributed by atoms with Gasteiger partial charge in [-0.1, -0.05) is 18.2 Å². The van der Waals surface area contributed by atoms with Gasteiger partial charge < -0.3 is 14.7 Å². The summed E-state index contributed by atoms with van der Waals surface area (Å²) in [5.74, 6) is -0.319. The van der Waals surface area contributed by atoms with Crippen molar-refractivity contribution in [3.63, 3.8) is 0 Å². The summed E-state index contributed by atoms with van der Waals surface area (Å²) in [5, 5.41) is 17.3. The number of aromatic amines is 1. The molecule has 0 radical (unpaired) electrons. The molecule has 5 rings (SSSR count). The minimum absolute atomic E-state index is 0.0305. The lowest BCUT2D eigenvalue weighted by atomic mass is 10.1. The van der Waals surface area contributed by atoms with Gasteiger partial charge >= 0.3 is 10.3 Å². The Balaban J connectivity index is 1.46. The summed E-state index contributed by atoms with van der Waals surface area (Å²) in [7, 11) is -4.03. The highest BCUT2D eigenvalue weighted by Gasteiger charge is 2.35. The summed E-state index contributed by atoms with van der Waals surface area (Å²) in [6.45, 7) is -0.134. The molecule has 1 saturated carbocycles. The van der Waals surface area contributed by atoms with Gasteiger partial charge in [0.05, 0.1) is 24.1 Å². The van der Waals surface area contributed by atoms with Gasteiger partial charge in [0.15, 0.2) is 0 Å². The summed E-state index contributed by atoms with van der Waals surface area (Å²) >= 11 is 0. The average molecular weight is 427 g/mol. The Morgan fingerprint density at radius 2 is 2.07 bits per heavy atom. The van der Waals surface area contributed by atoms with E-state index in [-0.39, 0.29) is 18.6 Å². The summed E-state index contributed by atoms with van der Waals surface area (Å²) in [4.78, 5) is 12.4. The molecule has 156 valence electrons. The van der Waals surface area contributed by atoms with E-state index in [1.165, 1.54) is 6.33 Å². The Morgan fingerprint density at radius 1 is 1.23 bits per heavy atom. The molecule has 0 amide bonds. The molecule has 10 heteroatoms. The van der Waals surface area contributed by atoms with Gasteiger partial charge in [0.25, 0.3) is 0 Å². The fourth-order valence-electron chi connectivity index (χ4n) is 4.34. The second kappa shape index (κ2) is 7.17. The molecule has 3 heterocycles. The van der Waals surface area contributed by atoms with Crippen molar-refractivity contribution in [2.45, 2.75) is 25.0 Å². The van der Waals surface area contributed by atoms with E-state index >= 15 is 0 Å². The molecular formula is C20H21N5O4S. The molecule has 1 aromatic carbocycles. The molecule has 0 spiro atoms. The zero-order chi connectivity index (χ0) is 20.9. The highest BCUT2D eigenvalue weighted by molar-refractivity contribution is 7.84. The molecule has 3 aromatic heterocycles. The summed E-state index contributed by atoms with van der Waals surface area (Å²) < 4.78 is 28.8. The van der Waals surface area contributed by atoms with Gasteiger partial charge in [0.2, 0.25) is 0 Å². The summed E-state index contributed by atoms with van der Waals surface area (Å²) in [6, 6.07) is 12.0. The molecule has 4 N–H and O–H groups in total. The van der Waals surface area contributed by atoms with Gasteiger partial charge in [0, 0.05) is 34.4 Å². The first-order chi connectivity index (χ1) is 14.4. The average Bonchev–Trinajstić information content (AvgIpc) is 3.41. The molecule has 0 bridgehead atoms. The molecule has 9 nitrogen and oxygen atoms in total. The summed E-state index contributed by atoms with van der Waals surface area (Å²) in [5.41, 5.74) is 3.52. The van der Waals surface area contributed by atoms with Crippen LogP contribution in [0, 0.1) is 5.92 Å². The predicted octanol–water partition coefficient (Wildman–Crippen LogP) is 2.11. The second-order valence-corrected chi connectivity index (χ2v) is 8.90. The van der Waals surface area contributed by atoms with Crippen molar-refractivity contribution < 1.29 is 17.7 Å². The number of benzene rings is 1. The van der Waals surface area contributed by atoms with E-state index < -0.39 is 16.4 Å². The van der Waals surface area contributed by atoms with Crippen molar-refractivity contribution in [2.24, 2.45) is 11.1 Å². The van der Waals surface area contributed by atoms with E-state index in [4.69, 9.17) is 9.32 Å². The van der Waals surface area contributed by atoms with E-state index in [0.717, 1.165) is 33.3 Å². The van der Waals surface area contributed by atoms with Crippen molar-refractivity contribution in [1.82, 2.24) is 19.5 Å². The standard InChI is InChI=1S/C20H21N5O4S/c21-30(27,28)29-10-13-7-14(9-18(13)26)25-6-5-15-19(22-11-23-20(15)25)17-8-12-3-1-2-4-16(12)24-17/h1-6,8,11,13-14,18,24,26H,7,9-10H2,(H2,21,27,28). The van der Waals surface area contributed by atoms with Crippen LogP contribution < -0.4 is 5.14 Å². The minimum atomic E-state index is -4.03. The van der Waals surface area contributed by atoms with E-state index in [9.17, 15) is 13.5 Å². The Bertz CT molecular complexity index is 1300. The van der Waals surface area contributed by atoms with Crippen LogP contribution >= 0.6 is 0 Å². The molecule has 0 saturated heterocycles. The molecule has 1 aliphatic rings. The van der Waals surface area contributed by atoms with E-state index in [0.29, 0.717) is 12.8 Å². The van der Waals surface area contributed by atoms with Crippen LogP contribution in [-0.2, 0) is 14.5 Å². The number of nitrogens with two attached hydrogens (primary N) is 1. The monoisotopic (exact) mass is 427 g/mol. The van der Waals surface area contributed by atoms with Crippen molar-refractivity contribution in [2.75, 3.05) is 6.61 Å². The first kappa shape index (κ1) is 19.2. The largest absolute Gasteiger partial charge is 0.393 e. The molecule has 1 aliphatic carbocycles. The maximum Gasteiger partial charge on any atom is 0.333 e. The normalized spacial score (nSPS) is 22.3. The first-order valence-corrected chi connectivity index (χ1v) is 11.1. The predicted molar refractivity (Wildman–Crippen MR) is 112 cm³/mol. The van der Waals surface area contributed by atoms with Crippen LogP contribution in [0.3, 0.4) is 0 Å². The lowest BCUT2D eigenvalue weighted by Gasteiger charge is -2.14. The van der Waals surface area contributed by atoms with Crippen molar-refractivity contribution in [1.29, 1.82) is 0 Å². The Hall–Kier alpha value is -2.79. The van der Waals surface area contributed by atoms with Crippen LogP contribution in [0.4, 0.5) is 0 Å². The third-order valence-corrected chi connectivity index (χ3v) is 6.23. The number of fused-ring (bicyclic) bond motifs is 2. The molecule has 3 atom stereocenters. The van der Waals surface area contributed by atoms with Crippen molar-refractivity contribution in [3.8, 4) is 11.4 Å². The zero-order valence-electron chi connectivity index (χ0n) is 16.0. The van der Waals surface area contributed by atoms with Gasteiger partial charge in [-0.25, -0.2) is 15.1 Å². The highest BCUT2D eigenvalue weighted by atomic mass is 32.2. The smallest absolute Gasteiger partial charge is 0.333 e. The van der Waals surface area contributed by atoms with Crippen LogP contribution in [0.25, 0.3) is 33.3 Å². The van der Waals surface area contributed by atoms with Crippen LogP contribution in [0.2, 0.25) is 0 Å². The van der Waals surface area contributed by atoms with Crippen LogP contribution in [0.1, 0.15) is 18.9 Å². The third kappa shape index (κ3) is 3.47. The Kier molecular flexibility index (Phi) is 4.58. The van der Waals surface area contributed by atoms with Gasteiger partial charge in [-0.3, -0.25) is 4.18 Å². The van der Waals surface area contributed by atoms with Crippen LogP contribution in [0.15, 0.2) is 48.9 Å². The first-order valence-electron chi connectivity index (χ1n) is 9.64. The van der Waals surface area contributed by atoms with Crippen molar-refractivity contribution in [3.05, 3.63) is 48.9 Å². The van der Waals surface area contributed by atoms with E-state index in [1.807, 2.05) is 41.1 Å². The molecular weight excluding hydrogens is 406 g/mol.